The van der Waals surface area contributed by atoms with Crippen LogP contribution in [0.1, 0.15) is 5.56 Å². The summed E-state index contributed by atoms with van der Waals surface area (Å²) in [5.74, 6) is 0.561. The lowest BCUT2D eigenvalue weighted by atomic mass is 10.2. The Morgan fingerprint density at radius 1 is 1.05 bits per heavy atom. The topological polar surface area (TPSA) is 72.6 Å². The van der Waals surface area contributed by atoms with Crippen molar-refractivity contribution in [2.24, 2.45) is 5.73 Å². The van der Waals surface area contributed by atoms with Gasteiger partial charge in [-0.2, -0.15) is 0 Å². The van der Waals surface area contributed by atoms with E-state index >= 15 is 0 Å². The largest absolute Gasteiger partial charge is 0.457 e. The zero-order valence-electron chi connectivity index (χ0n) is 11.7. The monoisotopic (exact) mass is 293 g/mol. The smallest absolute Gasteiger partial charge is 0.258 e. The molecule has 0 unspecified atom stereocenters. The van der Waals surface area contributed by atoms with Gasteiger partial charge < -0.3 is 10.5 Å². The quantitative estimate of drug-likeness (QED) is 0.877. The van der Waals surface area contributed by atoms with Gasteiger partial charge in [-0.3, -0.25) is 9.59 Å². The standard InChI is InChI=1S/C17H13N2O3/c18-11-12-3-1-2-4-15(12)22-14-7-5-13(6-8-14)19-16(20)9-10-17(19)21/h2-10H,11,18H2. The second-order valence-electron chi connectivity index (χ2n) is 4.68. The lowest BCUT2D eigenvalue weighted by Crippen LogP contribution is -2.29. The number of carbonyl (C=O) groups excluding carboxylic acids is 2. The molecule has 2 amide bonds. The summed E-state index contributed by atoms with van der Waals surface area (Å²) in [6.07, 6.45) is 2.50. The predicted octanol–water partition coefficient (Wildman–Crippen LogP) is 2.17. The maximum absolute atomic E-state index is 11.6. The summed E-state index contributed by atoms with van der Waals surface area (Å²) < 4.78 is 5.77. The van der Waals surface area contributed by atoms with Gasteiger partial charge in [0, 0.05) is 24.3 Å². The number of rotatable bonds is 4. The van der Waals surface area contributed by atoms with Crippen LogP contribution < -0.4 is 15.4 Å². The van der Waals surface area contributed by atoms with Crippen molar-refractivity contribution in [2.75, 3.05) is 4.90 Å². The summed E-state index contributed by atoms with van der Waals surface area (Å²) in [4.78, 5) is 24.3. The molecule has 22 heavy (non-hydrogen) atoms. The van der Waals surface area contributed by atoms with Crippen LogP contribution in [0, 0.1) is 6.07 Å². The Kier molecular flexibility index (Phi) is 3.72. The van der Waals surface area contributed by atoms with Gasteiger partial charge in [0.2, 0.25) is 0 Å². The molecule has 0 aromatic heterocycles. The Hall–Kier alpha value is -2.92. The van der Waals surface area contributed by atoms with Crippen LogP contribution in [0.25, 0.3) is 0 Å². The van der Waals surface area contributed by atoms with Crippen molar-refractivity contribution in [1.29, 1.82) is 0 Å². The molecule has 1 heterocycles. The Labute approximate surface area is 127 Å². The van der Waals surface area contributed by atoms with Crippen molar-refractivity contribution in [3.05, 3.63) is 66.2 Å². The molecule has 2 aromatic rings. The van der Waals surface area contributed by atoms with Crippen molar-refractivity contribution in [3.63, 3.8) is 0 Å². The van der Waals surface area contributed by atoms with Gasteiger partial charge in [-0.25, -0.2) is 4.90 Å². The fourth-order valence-electron chi connectivity index (χ4n) is 2.15. The zero-order valence-corrected chi connectivity index (χ0v) is 11.7. The third-order valence-corrected chi connectivity index (χ3v) is 3.26. The van der Waals surface area contributed by atoms with E-state index in [4.69, 9.17) is 10.5 Å². The number of ether oxygens (including phenoxy) is 1. The third kappa shape index (κ3) is 2.62. The number of imide groups is 1. The molecular weight excluding hydrogens is 280 g/mol. The molecule has 2 aromatic carbocycles. The summed E-state index contributed by atoms with van der Waals surface area (Å²) in [7, 11) is 0. The van der Waals surface area contributed by atoms with E-state index < -0.39 is 0 Å². The van der Waals surface area contributed by atoms with Crippen LogP contribution in [0.15, 0.2) is 54.6 Å². The van der Waals surface area contributed by atoms with E-state index in [0.717, 1.165) is 10.5 Å². The minimum atomic E-state index is -0.345. The normalized spacial score (nSPS) is 13.8. The highest BCUT2D eigenvalue weighted by Gasteiger charge is 2.24. The maximum Gasteiger partial charge on any atom is 0.258 e. The van der Waals surface area contributed by atoms with Crippen molar-refractivity contribution >= 4 is 17.5 Å². The van der Waals surface area contributed by atoms with Crippen molar-refractivity contribution < 1.29 is 14.3 Å². The predicted molar refractivity (Wildman–Crippen MR) is 81.3 cm³/mol. The minimum Gasteiger partial charge on any atom is -0.457 e. The van der Waals surface area contributed by atoms with E-state index in [9.17, 15) is 9.59 Å². The van der Waals surface area contributed by atoms with Gasteiger partial charge in [0.1, 0.15) is 11.5 Å². The minimum absolute atomic E-state index is 0.345. The molecule has 5 nitrogen and oxygen atoms in total. The van der Waals surface area contributed by atoms with Crippen LogP contribution in [0.2, 0.25) is 0 Å². The number of nitrogens with zero attached hydrogens (tertiary/aromatic N) is 1. The number of carbonyl (C=O) groups is 2. The van der Waals surface area contributed by atoms with Gasteiger partial charge in [-0.1, -0.05) is 6.07 Å². The number of benzene rings is 2. The van der Waals surface area contributed by atoms with Gasteiger partial charge in [0.25, 0.3) is 11.8 Å². The van der Waals surface area contributed by atoms with E-state index in [1.165, 1.54) is 12.2 Å². The van der Waals surface area contributed by atoms with E-state index in [-0.39, 0.29) is 11.8 Å². The SMILES string of the molecule is NCc1c[c]ccc1Oc1ccc(N2C(=O)C=CC2=O)cc1. The molecule has 109 valence electrons. The molecule has 0 bridgehead atoms. The van der Waals surface area contributed by atoms with Crippen LogP contribution in [0.3, 0.4) is 0 Å². The second-order valence-corrected chi connectivity index (χ2v) is 4.68. The van der Waals surface area contributed by atoms with Crippen molar-refractivity contribution in [1.82, 2.24) is 0 Å². The van der Waals surface area contributed by atoms with Gasteiger partial charge in [0.05, 0.1) is 5.69 Å². The number of hydrogen-bond donors (Lipinski definition) is 1. The van der Waals surface area contributed by atoms with Crippen LogP contribution in [-0.2, 0) is 16.1 Å². The molecule has 0 aliphatic carbocycles. The molecule has 1 radical (unpaired) electrons. The second kappa shape index (κ2) is 5.83. The average Bonchev–Trinajstić information content (AvgIpc) is 2.88. The number of hydrogen-bond acceptors (Lipinski definition) is 4. The Bertz CT molecular complexity index is 733. The molecule has 0 spiro atoms. The third-order valence-electron chi connectivity index (χ3n) is 3.26. The van der Waals surface area contributed by atoms with E-state index in [0.29, 0.717) is 23.7 Å². The molecule has 1 aliphatic rings. The van der Waals surface area contributed by atoms with Gasteiger partial charge in [-0.15, -0.1) is 0 Å². The van der Waals surface area contributed by atoms with Gasteiger partial charge in [0.15, 0.2) is 0 Å². The average molecular weight is 293 g/mol. The van der Waals surface area contributed by atoms with E-state index in [1.807, 2.05) is 0 Å². The highest BCUT2D eigenvalue weighted by molar-refractivity contribution is 6.28. The Balaban J connectivity index is 1.80. The van der Waals surface area contributed by atoms with Crippen LogP contribution in [0.5, 0.6) is 11.5 Å². The summed E-state index contributed by atoms with van der Waals surface area (Å²) in [6, 6.07) is 15.0. The molecule has 0 saturated heterocycles. The number of amides is 2. The lowest BCUT2D eigenvalue weighted by molar-refractivity contribution is -0.119. The zero-order chi connectivity index (χ0) is 15.5. The molecule has 2 N–H and O–H groups in total. The molecule has 0 atom stereocenters. The van der Waals surface area contributed by atoms with Gasteiger partial charge >= 0.3 is 0 Å². The first-order valence-corrected chi connectivity index (χ1v) is 6.72. The summed E-state index contributed by atoms with van der Waals surface area (Å²) >= 11 is 0. The number of nitrogens with two attached hydrogens (primary N) is 1. The van der Waals surface area contributed by atoms with Crippen molar-refractivity contribution in [2.45, 2.75) is 6.54 Å². The fourth-order valence-corrected chi connectivity index (χ4v) is 2.15. The molecule has 0 fully saturated rings. The highest BCUT2D eigenvalue weighted by Crippen LogP contribution is 2.27. The first kappa shape index (κ1) is 14.0. The number of anilines is 1. The van der Waals surface area contributed by atoms with Crippen LogP contribution >= 0.6 is 0 Å². The summed E-state index contributed by atoms with van der Waals surface area (Å²) in [6.45, 7) is 0.354. The van der Waals surface area contributed by atoms with Crippen molar-refractivity contribution in [3.8, 4) is 11.5 Å². The first-order chi connectivity index (χ1) is 10.7. The van der Waals surface area contributed by atoms with E-state index in [1.54, 1.807) is 42.5 Å². The molecule has 1 aliphatic heterocycles. The molecular formula is C17H13N2O3. The Morgan fingerprint density at radius 2 is 1.73 bits per heavy atom. The molecule has 5 heteroatoms. The fraction of sp³-hybridized carbons (Fsp3) is 0.0588. The van der Waals surface area contributed by atoms with Crippen LogP contribution in [-0.4, -0.2) is 11.8 Å². The highest BCUT2D eigenvalue weighted by atomic mass is 16.5. The first-order valence-electron chi connectivity index (χ1n) is 6.72. The molecule has 3 rings (SSSR count). The maximum atomic E-state index is 11.6. The Morgan fingerprint density at radius 3 is 2.36 bits per heavy atom. The summed E-state index contributed by atoms with van der Waals surface area (Å²) in [5, 5.41) is 0. The van der Waals surface area contributed by atoms with Gasteiger partial charge in [-0.05, 0) is 42.5 Å². The molecule has 0 saturated carbocycles. The van der Waals surface area contributed by atoms with Crippen LogP contribution in [0.4, 0.5) is 5.69 Å². The van der Waals surface area contributed by atoms with E-state index in [2.05, 4.69) is 6.07 Å². The lowest BCUT2D eigenvalue weighted by Gasteiger charge is -2.15. The summed E-state index contributed by atoms with van der Waals surface area (Å²) in [5.41, 5.74) is 7.01.